The molecule has 4 atom stereocenters. The summed E-state index contributed by atoms with van der Waals surface area (Å²) in [5, 5.41) is 16.9. The number of hydrogen-bond donors (Lipinski definition) is 2. The Morgan fingerprint density at radius 1 is 0.711 bits per heavy atom. The lowest BCUT2D eigenvalue weighted by molar-refractivity contribution is -0.384. The molecule has 2 aliphatic heterocycles. The first kappa shape index (κ1) is 65.0. The topological polar surface area (TPSA) is 222 Å². The number of ether oxygens (including phenoxy) is 5. The molecule has 4 amide bonds. The fraction of sp³-hybridized carbons (Fsp3) is 0.324. The monoisotopic (exact) mass is 1240 g/mol. The van der Waals surface area contributed by atoms with Crippen LogP contribution in [0, 0.1) is 15.5 Å². The van der Waals surface area contributed by atoms with E-state index in [2.05, 4.69) is 47.0 Å². The van der Waals surface area contributed by atoms with Crippen molar-refractivity contribution in [2.24, 2.45) is 5.41 Å². The van der Waals surface area contributed by atoms with E-state index in [9.17, 15) is 38.9 Å². The molecular formula is C71H75N5O13S. The molecule has 2 fully saturated rings. The molecule has 468 valence electrons. The summed E-state index contributed by atoms with van der Waals surface area (Å²) in [6, 6.07) is 53.3. The molecule has 2 N–H and O–H groups in total. The van der Waals surface area contributed by atoms with Crippen molar-refractivity contribution < 1.29 is 57.4 Å². The van der Waals surface area contributed by atoms with E-state index in [1.165, 1.54) is 34.1 Å². The number of carbonyl (C=O) groups is 6. The zero-order chi connectivity index (χ0) is 63.8. The lowest BCUT2D eigenvalue weighted by atomic mass is 9.84. The number of nitro groups is 1. The van der Waals surface area contributed by atoms with Crippen LogP contribution in [-0.4, -0.2) is 108 Å². The van der Waals surface area contributed by atoms with Gasteiger partial charge in [-0.25, -0.2) is 9.59 Å². The number of thioether (sulfide) groups is 1. The quantitative estimate of drug-likeness (QED) is 0.0129. The third-order valence-electron chi connectivity index (χ3n) is 16.6. The molecule has 18 nitrogen and oxygen atoms in total. The first-order valence-electron chi connectivity index (χ1n) is 30.2. The number of nitrogens with one attached hydrogen (secondary N) is 2. The van der Waals surface area contributed by atoms with Gasteiger partial charge in [0.05, 0.1) is 30.4 Å². The summed E-state index contributed by atoms with van der Waals surface area (Å²) in [5.74, 6) is -1.18. The van der Waals surface area contributed by atoms with Crippen LogP contribution in [0.15, 0.2) is 182 Å². The number of likely N-dealkylation sites (tertiary alicyclic amines) is 2. The molecule has 9 rings (SSSR count). The van der Waals surface area contributed by atoms with Gasteiger partial charge in [-0.05, 0) is 133 Å². The first-order valence-corrected chi connectivity index (χ1v) is 31.1. The van der Waals surface area contributed by atoms with Gasteiger partial charge < -0.3 is 39.2 Å². The van der Waals surface area contributed by atoms with Crippen molar-refractivity contribution in [1.29, 1.82) is 0 Å². The molecule has 19 heteroatoms. The molecule has 0 bridgehead atoms. The average molecular weight is 1240 g/mol. The number of esters is 1. The van der Waals surface area contributed by atoms with Crippen LogP contribution >= 0.6 is 11.8 Å². The summed E-state index contributed by atoms with van der Waals surface area (Å²) in [6.07, 6.45) is 1.70. The highest BCUT2D eigenvalue weighted by Crippen LogP contribution is 2.52. The minimum atomic E-state index is -1.01. The fourth-order valence-corrected chi connectivity index (χ4v) is 13.1. The van der Waals surface area contributed by atoms with Crippen LogP contribution < -0.4 is 24.8 Å². The number of amides is 4. The van der Waals surface area contributed by atoms with Gasteiger partial charge in [-0.15, -0.1) is 11.8 Å². The van der Waals surface area contributed by atoms with Gasteiger partial charge in [0, 0.05) is 47.1 Å². The minimum absolute atomic E-state index is 0.0556. The smallest absolute Gasteiger partial charge is 0.410 e. The zero-order valence-electron chi connectivity index (χ0n) is 51.2. The molecule has 0 unspecified atom stereocenters. The number of ketones is 1. The Kier molecular flexibility index (Phi) is 21.8. The second kappa shape index (κ2) is 30.1. The highest BCUT2D eigenvalue weighted by Gasteiger charge is 2.47. The Labute approximate surface area is 528 Å². The molecule has 7 aromatic rings. The molecule has 90 heavy (non-hydrogen) atoms. The Morgan fingerprint density at radius 2 is 1.36 bits per heavy atom. The number of hydrogen-bond acceptors (Lipinski definition) is 14. The first-order chi connectivity index (χ1) is 43.5. The van der Waals surface area contributed by atoms with E-state index in [4.69, 9.17) is 23.7 Å². The summed E-state index contributed by atoms with van der Waals surface area (Å²) in [4.78, 5) is 97.7. The number of methoxy groups -OCH3 is 2. The molecule has 2 heterocycles. The van der Waals surface area contributed by atoms with Crippen LogP contribution in [0.3, 0.4) is 0 Å². The van der Waals surface area contributed by atoms with Crippen molar-refractivity contribution in [3.63, 3.8) is 0 Å². The zero-order valence-corrected chi connectivity index (χ0v) is 52.0. The van der Waals surface area contributed by atoms with E-state index >= 15 is 0 Å². The SMILES string of the molecule is CCC(C)(C)C(=O)C(=O)N1CCCC[C@H]1C(=O)O[C@H](CCc1ccc(OC)c(OC)c1)c1cccc(OCCNC(=O)c2cccc(NC(=O)[C@@H]3C[C@H](SC(c4ccccc4)(c4ccccc4)c4ccccc4)CN3C(=O)OCc3ccc([N+](=O)[O-])cc3)c2)c1. The van der Waals surface area contributed by atoms with Gasteiger partial charge in [0.15, 0.2) is 11.5 Å². The van der Waals surface area contributed by atoms with Gasteiger partial charge in [0.1, 0.15) is 37.2 Å². The molecule has 0 aliphatic carbocycles. The van der Waals surface area contributed by atoms with Crippen LogP contribution in [0.25, 0.3) is 0 Å². The predicted molar refractivity (Wildman–Crippen MR) is 343 cm³/mol. The van der Waals surface area contributed by atoms with E-state index < -0.39 is 68.8 Å². The van der Waals surface area contributed by atoms with Gasteiger partial charge in [-0.2, -0.15) is 0 Å². The van der Waals surface area contributed by atoms with Gasteiger partial charge in [-0.1, -0.05) is 136 Å². The Hall–Kier alpha value is -9.49. The van der Waals surface area contributed by atoms with E-state index in [1.54, 1.807) is 82.3 Å². The predicted octanol–water partition coefficient (Wildman–Crippen LogP) is 12.5. The van der Waals surface area contributed by atoms with Crippen molar-refractivity contribution in [2.75, 3.05) is 45.8 Å². The molecule has 2 saturated heterocycles. The summed E-state index contributed by atoms with van der Waals surface area (Å²) < 4.78 is 28.6. The maximum Gasteiger partial charge on any atom is 0.410 e. The van der Waals surface area contributed by atoms with E-state index in [0.29, 0.717) is 72.6 Å². The summed E-state index contributed by atoms with van der Waals surface area (Å²) >= 11 is 1.65. The summed E-state index contributed by atoms with van der Waals surface area (Å²) in [6.45, 7) is 5.68. The standard InChI is InChI=1S/C71H75N5O13S/c1-6-70(2,3)64(77)67(80)74-40-17-16-30-59(74)68(81)89-61(37-33-48-34-38-62(85-4)63(42-48)86-5)50-20-19-29-57(44-50)87-41-39-72-65(78)51-21-18-28-55(43-51)73-66(79)60-45-58(46-75(60)69(82)88-47-49-31-35-56(36-32-49)76(83)84)90-71(52-22-10-7-11-23-52,53-24-12-8-13-25-53)54-26-14-9-15-27-54/h7-15,18-29,31-32,34-36,38,42-44,58-61H,6,16-17,30,33,37,39-41,45-47H2,1-5H3,(H,72,78)(H,73,79)/t58-,59-,60-,61+/m0/s1. The van der Waals surface area contributed by atoms with Crippen molar-refractivity contribution in [3.8, 4) is 17.2 Å². The number of nitro benzene ring substituents is 1. The van der Waals surface area contributed by atoms with Gasteiger partial charge in [-0.3, -0.25) is 34.2 Å². The highest BCUT2D eigenvalue weighted by atomic mass is 32.2. The maximum absolute atomic E-state index is 14.7. The molecule has 7 aromatic carbocycles. The van der Waals surface area contributed by atoms with Crippen molar-refractivity contribution in [1.82, 2.24) is 15.1 Å². The summed E-state index contributed by atoms with van der Waals surface area (Å²) in [7, 11) is 3.12. The number of rotatable bonds is 26. The molecule has 0 saturated carbocycles. The Bertz CT molecular complexity index is 3550. The lowest BCUT2D eigenvalue weighted by Crippen LogP contribution is -2.53. The van der Waals surface area contributed by atoms with Crippen LogP contribution in [-0.2, 0) is 46.4 Å². The number of nitrogens with zero attached hydrogens (tertiary/aromatic N) is 3. The molecule has 0 aromatic heterocycles. The third-order valence-corrected chi connectivity index (χ3v) is 18.3. The normalized spacial score (nSPS) is 16.0. The van der Waals surface area contributed by atoms with Crippen LogP contribution in [0.1, 0.15) is 109 Å². The van der Waals surface area contributed by atoms with Gasteiger partial charge in [0.25, 0.3) is 17.5 Å². The van der Waals surface area contributed by atoms with Crippen molar-refractivity contribution in [2.45, 2.75) is 101 Å². The maximum atomic E-state index is 14.7. The number of non-ortho nitro benzene ring substituents is 1. The van der Waals surface area contributed by atoms with Crippen LogP contribution in [0.4, 0.5) is 16.2 Å². The fourth-order valence-electron chi connectivity index (χ4n) is 11.3. The number of carbonyl (C=O) groups excluding carboxylic acids is 6. The second-order valence-corrected chi connectivity index (χ2v) is 24.4. The Morgan fingerprint density at radius 3 is 1.99 bits per heavy atom. The van der Waals surface area contributed by atoms with Gasteiger partial charge >= 0.3 is 12.1 Å². The lowest BCUT2D eigenvalue weighted by Gasteiger charge is -2.37. The van der Waals surface area contributed by atoms with E-state index in [0.717, 1.165) is 22.3 Å². The largest absolute Gasteiger partial charge is 0.493 e. The van der Waals surface area contributed by atoms with E-state index in [1.807, 2.05) is 85.8 Å². The van der Waals surface area contributed by atoms with Crippen molar-refractivity contribution in [3.05, 3.63) is 231 Å². The summed E-state index contributed by atoms with van der Waals surface area (Å²) in [5.41, 5.74) is 4.68. The Balaban J connectivity index is 0.878. The molecule has 0 radical (unpaired) electrons. The van der Waals surface area contributed by atoms with Crippen molar-refractivity contribution >= 4 is 58.7 Å². The number of aryl methyl sites for hydroxylation is 1. The number of piperidine rings is 1. The van der Waals surface area contributed by atoms with E-state index in [-0.39, 0.29) is 55.8 Å². The van der Waals surface area contributed by atoms with Crippen LogP contribution in [0.5, 0.6) is 17.2 Å². The average Bonchev–Trinajstić information content (AvgIpc) is 1.27. The minimum Gasteiger partial charge on any atom is -0.493 e. The third kappa shape index (κ3) is 15.7. The van der Waals surface area contributed by atoms with Gasteiger partial charge in [0.2, 0.25) is 11.7 Å². The number of anilines is 1. The second-order valence-electron chi connectivity index (χ2n) is 22.9. The molecule has 0 spiro atoms. The van der Waals surface area contributed by atoms with Crippen LogP contribution in [0.2, 0.25) is 0 Å². The highest BCUT2D eigenvalue weighted by molar-refractivity contribution is 8.01. The molecular weight excluding hydrogens is 1160 g/mol. The molecule has 2 aliphatic rings. The number of benzene rings is 7. The number of Topliss-reactive ketones (excluding diaryl/α,β-unsaturated/α-hetero) is 1.